The van der Waals surface area contributed by atoms with Gasteiger partial charge in [-0.2, -0.15) is 5.26 Å². The van der Waals surface area contributed by atoms with Gasteiger partial charge in [-0.15, -0.1) is 0 Å². The second-order valence-corrected chi connectivity index (χ2v) is 7.75. The fourth-order valence-electron chi connectivity index (χ4n) is 3.93. The number of aromatic nitrogens is 2. The number of pyridine rings is 2. The number of rotatable bonds is 3. The fraction of sp³-hybridized carbons (Fsp3) is 0.429. The van der Waals surface area contributed by atoms with Crippen LogP contribution in [0.5, 0.6) is 0 Å². The predicted octanol–water partition coefficient (Wildman–Crippen LogP) is 2.95. The summed E-state index contributed by atoms with van der Waals surface area (Å²) in [6, 6.07) is 7.49. The fourth-order valence-corrected chi connectivity index (χ4v) is 4.21. The first-order valence-corrected chi connectivity index (χ1v) is 10.3. The van der Waals surface area contributed by atoms with Gasteiger partial charge in [-0.25, -0.2) is 9.97 Å². The maximum Gasteiger partial charge on any atom is 0.255 e. The molecule has 0 N–H and O–H groups in total. The van der Waals surface area contributed by atoms with Crippen molar-refractivity contribution in [2.75, 3.05) is 49.1 Å². The van der Waals surface area contributed by atoms with Gasteiger partial charge in [0.05, 0.1) is 16.1 Å². The number of halogens is 1. The van der Waals surface area contributed by atoms with E-state index in [2.05, 4.69) is 25.8 Å². The summed E-state index contributed by atoms with van der Waals surface area (Å²) < 4.78 is 0. The first-order chi connectivity index (χ1) is 14.2. The smallest absolute Gasteiger partial charge is 0.255 e. The van der Waals surface area contributed by atoms with Crippen LogP contribution in [-0.2, 0) is 0 Å². The van der Waals surface area contributed by atoms with E-state index in [1.54, 1.807) is 30.6 Å². The molecule has 0 aromatic carbocycles. The van der Waals surface area contributed by atoms with E-state index in [1.807, 2.05) is 4.90 Å². The van der Waals surface area contributed by atoms with Crippen molar-refractivity contribution in [2.24, 2.45) is 0 Å². The number of anilines is 2. The molecule has 29 heavy (non-hydrogen) atoms. The number of likely N-dealkylation sites (tertiary alicyclic amines) is 1. The molecular formula is C21H23ClN6O. The van der Waals surface area contributed by atoms with Crippen LogP contribution < -0.4 is 9.80 Å². The van der Waals surface area contributed by atoms with Crippen LogP contribution in [0, 0.1) is 11.3 Å². The average Bonchev–Trinajstić information content (AvgIpc) is 2.79. The van der Waals surface area contributed by atoms with E-state index < -0.39 is 0 Å². The standard InChI is InChI=1S/C21H23ClN6O/c22-18-13-17(21(29)28-7-2-1-3-8-28)15-25-20(18)27-11-9-26(10-12-27)19-16(14-23)5-4-6-24-19/h4-6,13,15H,1-3,7-12H2. The van der Waals surface area contributed by atoms with Gasteiger partial charge in [0.15, 0.2) is 0 Å². The van der Waals surface area contributed by atoms with Crippen LogP contribution in [-0.4, -0.2) is 60.0 Å². The van der Waals surface area contributed by atoms with Crippen LogP contribution >= 0.6 is 11.6 Å². The van der Waals surface area contributed by atoms with Gasteiger partial charge in [0.25, 0.3) is 5.91 Å². The van der Waals surface area contributed by atoms with Crippen molar-refractivity contribution in [1.29, 1.82) is 5.26 Å². The Kier molecular flexibility index (Phi) is 5.81. The number of carbonyl (C=O) groups excluding carboxylic acids is 1. The van der Waals surface area contributed by atoms with Crippen LogP contribution in [0.4, 0.5) is 11.6 Å². The molecule has 0 radical (unpaired) electrons. The Hall–Kier alpha value is -2.85. The number of piperidine rings is 1. The molecule has 0 saturated carbocycles. The molecule has 150 valence electrons. The summed E-state index contributed by atoms with van der Waals surface area (Å²) in [5, 5.41) is 9.79. The van der Waals surface area contributed by atoms with E-state index in [0.717, 1.165) is 44.8 Å². The average molecular weight is 411 g/mol. The van der Waals surface area contributed by atoms with Gasteiger partial charge in [-0.05, 0) is 37.5 Å². The Bertz CT molecular complexity index is 929. The number of hydrogen-bond donors (Lipinski definition) is 0. The molecule has 4 heterocycles. The molecular weight excluding hydrogens is 388 g/mol. The Balaban J connectivity index is 1.43. The molecule has 0 atom stereocenters. The minimum atomic E-state index is 0.00894. The lowest BCUT2D eigenvalue weighted by molar-refractivity contribution is 0.0724. The summed E-state index contributed by atoms with van der Waals surface area (Å²) >= 11 is 6.50. The first-order valence-electron chi connectivity index (χ1n) is 9.97. The third-order valence-electron chi connectivity index (χ3n) is 5.50. The molecule has 4 rings (SSSR count). The van der Waals surface area contributed by atoms with Crippen molar-refractivity contribution >= 4 is 29.1 Å². The zero-order valence-corrected chi connectivity index (χ0v) is 17.0. The molecule has 2 fully saturated rings. The number of nitriles is 1. The monoisotopic (exact) mass is 410 g/mol. The molecule has 0 unspecified atom stereocenters. The van der Waals surface area contributed by atoms with Crippen molar-refractivity contribution in [3.63, 3.8) is 0 Å². The van der Waals surface area contributed by atoms with Crippen molar-refractivity contribution in [3.05, 3.63) is 46.7 Å². The zero-order valence-electron chi connectivity index (χ0n) is 16.2. The zero-order chi connectivity index (χ0) is 20.2. The van der Waals surface area contributed by atoms with E-state index in [4.69, 9.17) is 11.6 Å². The maximum absolute atomic E-state index is 12.7. The highest BCUT2D eigenvalue weighted by molar-refractivity contribution is 6.33. The second-order valence-electron chi connectivity index (χ2n) is 7.34. The van der Waals surface area contributed by atoms with Crippen molar-refractivity contribution in [2.45, 2.75) is 19.3 Å². The summed E-state index contributed by atoms with van der Waals surface area (Å²) in [6.45, 7) is 4.48. The maximum atomic E-state index is 12.7. The van der Waals surface area contributed by atoms with E-state index in [0.29, 0.717) is 35.1 Å². The van der Waals surface area contributed by atoms with Gasteiger partial charge in [-0.1, -0.05) is 11.6 Å². The van der Waals surface area contributed by atoms with Crippen molar-refractivity contribution in [3.8, 4) is 6.07 Å². The summed E-state index contributed by atoms with van der Waals surface area (Å²) in [6.07, 6.45) is 6.64. The number of hydrogen-bond acceptors (Lipinski definition) is 6. The van der Waals surface area contributed by atoms with Gasteiger partial charge >= 0.3 is 0 Å². The van der Waals surface area contributed by atoms with Gasteiger partial charge in [0.2, 0.25) is 0 Å². The Morgan fingerprint density at radius 2 is 1.69 bits per heavy atom. The molecule has 0 bridgehead atoms. The topological polar surface area (TPSA) is 76.4 Å². The number of piperazine rings is 1. The van der Waals surface area contributed by atoms with E-state index in [9.17, 15) is 10.1 Å². The molecule has 2 saturated heterocycles. The van der Waals surface area contributed by atoms with E-state index in [-0.39, 0.29) is 5.91 Å². The minimum absolute atomic E-state index is 0.00894. The first kappa shape index (κ1) is 19.5. The summed E-state index contributed by atoms with van der Waals surface area (Å²) in [5.41, 5.74) is 1.13. The van der Waals surface area contributed by atoms with Crippen LogP contribution in [0.1, 0.15) is 35.2 Å². The second kappa shape index (κ2) is 8.66. The van der Waals surface area contributed by atoms with Gasteiger partial charge in [-0.3, -0.25) is 4.79 Å². The molecule has 0 aliphatic carbocycles. The normalized spacial score (nSPS) is 17.2. The van der Waals surface area contributed by atoms with Crippen molar-refractivity contribution in [1.82, 2.24) is 14.9 Å². The quantitative estimate of drug-likeness (QED) is 0.774. The largest absolute Gasteiger partial charge is 0.352 e. The Morgan fingerprint density at radius 1 is 1.00 bits per heavy atom. The number of nitrogens with zero attached hydrogens (tertiary/aromatic N) is 6. The highest BCUT2D eigenvalue weighted by Gasteiger charge is 2.24. The lowest BCUT2D eigenvalue weighted by Gasteiger charge is -2.36. The van der Waals surface area contributed by atoms with Crippen LogP contribution in [0.2, 0.25) is 5.02 Å². The van der Waals surface area contributed by atoms with Gasteiger partial charge in [0.1, 0.15) is 17.7 Å². The molecule has 2 aromatic rings. The lowest BCUT2D eigenvalue weighted by atomic mass is 10.1. The van der Waals surface area contributed by atoms with E-state index >= 15 is 0 Å². The van der Waals surface area contributed by atoms with Crippen LogP contribution in [0.3, 0.4) is 0 Å². The Morgan fingerprint density at radius 3 is 2.34 bits per heavy atom. The minimum Gasteiger partial charge on any atom is -0.352 e. The third-order valence-corrected chi connectivity index (χ3v) is 5.78. The molecule has 2 aliphatic heterocycles. The molecule has 8 heteroatoms. The molecule has 7 nitrogen and oxygen atoms in total. The highest BCUT2D eigenvalue weighted by atomic mass is 35.5. The summed E-state index contributed by atoms with van der Waals surface area (Å²) in [7, 11) is 0. The third kappa shape index (κ3) is 4.13. The SMILES string of the molecule is N#Cc1cccnc1N1CCN(c2ncc(C(=O)N3CCCCC3)cc2Cl)CC1. The Labute approximate surface area is 175 Å². The number of amides is 1. The summed E-state index contributed by atoms with van der Waals surface area (Å²) in [5.74, 6) is 1.42. The van der Waals surface area contributed by atoms with Crippen LogP contribution in [0.15, 0.2) is 30.6 Å². The molecule has 2 aliphatic rings. The molecule has 1 amide bonds. The van der Waals surface area contributed by atoms with E-state index in [1.165, 1.54) is 6.42 Å². The summed E-state index contributed by atoms with van der Waals surface area (Å²) in [4.78, 5) is 27.7. The van der Waals surface area contributed by atoms with Crippen molar-refractivity contribution < 1.29 is 4.79 Å². The number of carbonyl (C=O) groups is 1. The van der Waals surface area contributed by atoms with Crippen LogP contribution in [0.25, 0.3) is 0 Å². The molecule has 0 spiro atoms. The van der Waals surface area contributed by atoms with Gasteiger partial charge < -0.3 is 14.7 Å². The molecule has 2 aromatic heterocycles. The highest BCUT2D eigenvalue weighted by Crippen LogP contribution is 2.27. The predicted molar refractivity (Wildman–Crippen MR) is 112 cm³/mol. The van der Waals surface area contributed by atoms with Gasteiger partial charge in [0, 0.05) is 51.7 Å². The lowest BCUT2D eigenvalue weighted by Crippen LogP contribution is -2.47.